The summed E-state index contributed by atoms with van der Waals surface area (Å²) < 4.78 is 62.8. The quantitative estimate of drug-likeness (QED) is 0.536. The fourth-order valence-corrected chi connectivity index (χ4v) is 6.38. The molecule has 2 aliphatic heterocycles. The highest BCUT2D eigenvalue weighted by molar-refractivity contribution is 7.91. The lowest BCUT2D eigenvalue weighted by molar-refractivity contribution is -0.137. The molecule has 2 aliphatic rings. The summed E-state index contributed by atoms with van der Waals surface area (Å²) in [4.78, 5) is 18.4. The zero-order chi connectivity index (χ0) is 25.1. The van der Waals surface area contributed by atoms with E-state index in [9.17, 15) is 31.5 Å². The van der Waals surface area contributed by atoms with Gasteiger partial charge in [0.15, 0.2) is 9.84 Å². The molecule has 0 spiro atoms. The molecule has 1 saturated heterocycles. The molecule has 3 atom stereocenters. The third-order valence-electron chi connectivity index (χ3n) is 6.53. The van der Waals surface area contributed by atoms with Crippen LogP contribution in [-0.2, 0) is 33.8 Å². The van der Waals surface area contributed by atoms with Crippen molar-refractivity contribution in [2.24, 2.45) is 5.92 Å². The molecule has 1 fully saturated rings. The molecule has 1 unspecified atom stereocenters. The molecule has 192 valence electrons. The largest absolute Gasteiger partial charge is 0.417 e. The Morgan fingerprint density at radius 2 is 2.00 bits per heavy atom. The molecule has 1 aromatic rings. The van der Waals surface area contributed by atoms with Gasteiger partial charge < -0.3 is 15.3 Å². The number of aliphatic hydroxyl groups is 1. The van der Waals surface area contributed by atoms with E-state index in [2.05, 4.69) is 24.1 Å². The molecule has 0 radical (unpaired) electrons. The van der Waals surface area contributed by atoms with Crippen LogP contribution in [0.1, 0.15) is 62.8 Å². The molecular weight excluding hydrogens is 471 g/mol. The fraction of sp³-hybridized carbons (Fsp3) is 0.739. The molecule has 1 aromatic heterocycles. The first-order valence-corrected chi connectivity index (χ1v) is 13.6. The van der Waals surface area contributed by atoms with E-state index in [0.29, 0.717) is 36.6 Å². The van der Waals surface area contributed by atoms with E-state index in [1.165, 1.54) is 0 Å². The smallest absolute Gasteiger partial charge is 0.390 e. The Balaban J connectivity index is 1.60. The first-order chi connectivity index (χ1) is 15.8. The summed E-state index contributed by atoms with van der Waals surface area (Å²) in [5, 5.41) is 13.4. The Labute approximate surface area is 199 Å². The summed E-state index contributed by atoms with van der Waals surface area (Å²) in [7, 11) is -3.29. The second kappa shape index (κ2) is 10.9. The zero-order valence-electron chi connectivity index (χ0n) is 19.6. The normalized spacial score (nSPS) is 23.2. The third kappa shape index (κ3) is 7.39. The Hall–Kier alpha value is -1.72. The number of halogens is 3. The average Bonchev–Trinajstić information content (AvgIpc) is 3.00. The summed E-state index contributed by atoms with van der Waals surface area (Å²) in [5.74, 6) is -0.0226. The number of nitrogens with zero attached hydrogens (tertiary/aromatic N) is 2. The minimum absolute atomic E-state index is 0.0934. The molecule has 2 N–H and O–H groups in total. The van der Waals surface area contributed by atoms with Gasteiger partial charge in [-0.15, -0.1) is 0 Å². The summed E-state index contributed by atoms with van der Waals surface area (Å²) in [6.45, 7) is 4.73. The Morgan fingerprint density at radius 1 is 1.26 bits per heavy atom. The van der Waals surface area contributed by atoms with Crippen molar-refractivity contribution in [1.82, 2.24) is 15.2 Å². The minimum Gasteiger partial charge on any atom is -0.390 e. The number of rotatable bonds is 9. The first kappa shape index (κ1) is 26.9. The van der Waals surface area contributed by atoms with Gasteiger partial charge in [0.05, 0.1) is 23.2 Å². The zero-order valence-corrected chi connectivity index (χ0v) is 20.5. The molecule has 0 saturated carbocycles. The molecule has 3 heterocycles. The number of hydrogen-bond acceptors (Lipinski definition) is 6. The van der Waals surface area contributed by atoms with Gasteiger partial charge in [0, 0.05) is 49.9 Å². The maximum Gasteiger partial charge on any atom is 0.417 e. The number of fused-ring (bicyclic) bond motifs is 1. The number of aromatic nitrogens is 1. The molecule has 0 aromatic carbocycles. The lowest BCUT2D eigenvalue weighted by Crippen LogP contribution is -2.45. The van der Waals surface area contributed by atoms with Gasteiger partial charge in [-0.3, -0.25) is 9.78 Å². The molecule has 1 amide bonds. The van der Waals surface area contributed by atoms with Crippen molar-refractivity contribution in [3.63, 3.8) is 0 Å². The fourth-order valence-electron chi connectivity index (χ4n) is 4.62. The lowest BCUT2D eigenvalue weighted by Gasteiger charge is -2.30. The number of pyridine rings is 1. The van der Waals surface area contributed by atoms with Crippen molar-refractivity contribution in [2.45, 2.75) is 83.3 Å². The lowest BCUT2D eigenvalue weighted by atomic mass is 9.98. The van der Waals surface area contributed by atoms with Crippen LogP contribution in [0.4, 0.5) is 13.2 Å². The van der Waals surface area contributed by atoms with Gasteiger partial charge in [0.1, 0.15) is 0 Å². The van der Waals surface area contributed by atoms with E-state index < -0.39 is 33.7 Å². The van der Waals surface area contributed by atoms with Gasteiger partial charge in [-0.05, 0) is 30.4 Å². The van der Waals surface area contributed by atoms with E-state index in [0.717, 1.165) is 31.5 Å². The van der Waals surface area contributed by atoms with Gasteiger partial charge in [0.2, 0.25) is 5.91 Å². The molecule has 11 heteroatoms. The van der Waals surface area contributed by atoms with E-state index >= 15 is 0 Å². The number of amides is 1. The molecule has 0 aliphatic carbocycles. The predicted octanol–water partition coefficient (Wildman–Crippen LogP) is 2.71. The highest BCUT2D eigenvalue weighted by atomic mass is 32.2. The van der Waals surface area contributed by atoms with Gasteiger partial charge in [0.25, 0.3) is 0 Å². The van der Waals surface area contributed by atoms with Crippen molar-refractivity contribution in [3.05, 3.63) is 29.1 Å². The Kier molecular flexibility index (Phi) is 8.62. The monoisotopic (exact) mass is 505 g/mol. The SMILES string of the molecule is CC(C)CCCC(CCC(=O)N1CCc2ncc(C(F)(F)F)cc2C1)N[C@H]1CS(=O)(=O)C[C@@H]1O. The first-order valence-electron chi connectivity index (χ1n) is 11.8. The topological polar surface area (TPSA) is 99.6 Å². The number of aliphatic hydroxyl groups excluding tert-OH is 1. The van der Waals surface area contributed by atoms with Crippen LogP contribution in [0, 0.1) is 5.92 Å². The van der Waals surface area contributed by atoms with Crippen LogP contribution < -0.4 is 5.32 Å². The number of carbonyl (C=O) groups excluding carboxylic acids is 1. The van der Waals surface area contributed by atoms with Crippen LogP contribution in [0.2, 0.25) is 0 Å². The third-order valence-corrected chi connectivity index (χ3v) is 8.25. The van der Waals surface area contributed by atoms with Crippen molar-refractivity contribution >= 4 is 15.7 Å². The van der Waals surface area contributed by atoms with Crippen molar-refractivity contribution in [3.8, 4) is 0 Å². The van der Waals surface area contributed by atoms with Crippen LogP contribution in [0.25, 0.3) is 0 Å². The van der Waals surface area contributed by atoms with Gasteiger partial charge >= 0.3 is 6.18 Å². The molecule has 7 nitrogen and oxygen atoms in total. The van der Waals surface area contributed by atoms with Crippen molar-refractivity contribution in [2.75, 3.05) is 18.1 Å². The maximum absolute atomic E-state index is 13.0. The van der Waals surface area contributed by atoms with E-state index in [4.69, 9.17) is 0 Å². The predicted molar refractivity (Wildman–Crippen MR) is 122 cm³/mol. The highest BCUT2D eigenvalue weighted by Crippen LogP contribution is 2.31. The van der Waals surface area contributed by atoms with Crippen LogP contribution in [-0.4, -0.2) is 65.6 Å². The molecule has 3 rings (SSSR count). The van der Waals surface area contributed by atoms with E-state index in [-0.39, 0.29) is 36.4 Å². The minimum atomic E-state index is -4.48. The average molecular weight is 506 g/mol. The number of nitrogens with one attached hydrogen (secondary N) is 1. The number of alkyl halides is 3. The van der Waals surface area contributed by atoms with Gasteiger partial charge in [-0.2, -0.15) is 13.2 Å². The molecular formula is C23H34F3N3O4S. The summed E-state index contributed by atoms with van der Waals surface area (Å²) in [6.07, 6.45) is -0.916. The summed E-state index contributed by atoms with van der Waals surface area (Å²) in [6, 6.07) is 0.379. The number of sulfone groups is 1. The van der Waals surface area contributed by atoms with Crippen LogP contribution in [0.5, 0.6) is 0 Å². The highest BCUT2D eigenvalue weighted by Gasteiger charge is 2.37. The van der Waals surface area contributed by atoms with Crippen LogP contribution in [0.3, 0.4) is 0 Å². The second-order valence-corrected chi connectivity index (χ2v) is 12.0. The number of carbonyl (C=O) groups is 1. The standard InChI is InChI=1S/C23H34F3N3O4S/c1-15(2)4-3-5-18(28-20-13-34(32,33)14-21(20)30)6-7-22(31)29-9-8-19-16(12-29)10-17(11-27-19)23(24,25)26/h10-11,15,18,20-21,28,30H,3-9,12-14H2,1-2H3/t18?,20-,21-/m0/s1. The Bertz CT molecular complexity index is 969. The maximum atomic E-state index is 13.0. The molecule has 34 heavy (non-hydrogen) atoms. The number of hydrogen-bond donors (Lipinski definition) is 2. The van der Waals surface area contributed by atoms with Crippen molar-refractivity contribution in [1.29, 1.82) is 0 Å². The van der Waals surface area contributed by atoms with Gasteiger partial charge in [-0.1, -0.05) is 26.7 Å². The van der Waals surface area contributed by atoms with Gasteiger partial charge in [-0.25, -0.2) is 8.42 Å². The summed E-state index contributed by atoms with van der Waals surface area (Å²) >= 11 is 0. The van der Waals surface area contributed by atoms with E-state index in [1.807, 2.05) is 0 Å². The molecule has 0 bridgehead atoms. The summed E-state index contributed by atoms with van der Waals surface area (Å²) in [5.41, 5.74) is 0.182. The van der Waals surface area contributed by atoms with E-state index in [1.54, 1.807) is 4.90 Å². The van der Waals surface area contributed by atoms with Crippen molar-refractivity contribution < 1.29 is 31.5 Å². The van der Waals surface area contributed by atoms with Crippen LogP contribution in [0.15, 0.2) is 12.3 Å². The Morgan fingerprint density at radius 3 is 2.62 bits per heavy atom. The van der Waals surface area contributed by atoms with Crippen LogP contribution >= 0.6 is 0 Å². The second-order valence-electron chi connectivity index (χ2n) is 9.87.